The smallest absolute Gasteiger partial charge is 0.306 e. The Labute approximate surface area is 334 Å². The van der Waals surface area contributed by atoms with E-state index in [9.17, 15) is 9.90 Å². The van der Waals surface area contributed by atoms with Crippen molar-refractivity contribution < 1.29 is 19.4 Å². The standard InChI is InChI=1S/C50H82O4/c1-3-5-7-9-11-13-15-17-19-21-22-23-24-25-26-27-28-29-30-32-34-36-38-40-42-44-46-53-48-49(47-51)54-50(52)45-43-41-39-37-35-33-31-20-18-16-14-12-10-8-6-4-2/h5,7,11,13-14,16-17,19-20,22-23,25-26,28-29,31-32,34,49,51H,3-4,6,8-10,12,15,18,21,24,27,30,33,35-48H2,1-2H3/b7-5-,13-11-,16-14-,19-17-,23-22-,26-25-,29-28-,31-20-,34-32-. The molecule has 306 valence electrons. The lowest BCUT2D eigenvalue weighted by Gasteiger charge is -2.15. The molecule has 0 rings (SSSR count). The van der Waals surface area contributed by atoms with E-state index < -0.39 is 6.10 Å². The van der Waals surface area contributed by atoms with Gasteiger partial charge in [-0.25, -0.2) is 0 Å². The van der Waals surface area contributed by atoms with E-state index in [4.69, 9.17) is 9.47 Å². The van der Waals surface area contributed by atoms with E-state index in [0.29, 0.717) is 13.0 Å². The molecule has 0 spiro atoms. The van der Waals surface area contributed by atoms with E-state index in [-0.39, 0.29) is 19.2 Å². The third kappa shape index (κ3) is 43.5. The zero-order valence-electron chi connectivity index (χ0n) is 34.9. The highest BCUT2D eigenvalue weighted by Gasteiger charge is 2.13. The Kier molecular flexibility index (Phi) is 43.7. The molecule has 0 saturated carbocycles. The van der Waals surface area contributed by atoms with Crippen LogP contribution in [-0.2, 0) is 14.3 Å². The molecule has 0 aromatic carbocycles. The summed E-state index contributed by atoms with van der Waals surface area (Å²) in [6.07, 6.45) is 67.2. The van der Waals surface area contributed by atoms with Crippen molar-refractivity contribution in [1.82, 2.24) is 0 Å². The van der Waals surface area contributed by atoms with Gasteiger partial charge in [0.25, 0.3) is 0 Å². The minimum Gasteiger partial charge on any atom is -0.457 e. The highest BCUT2D eigenvalue weighted by Crippen LogP contribution is 2.10. The number of esters is 1. The second-order valence-corrected chi connectivity index (χ2v) is 14.0. The Bertz CT molecular complexity index is 1050. The fourth-order valence-electron chi connectivity index (χ4n) is 5.57. The van der Waals surface area contributed by atoms with Gasteiger partial charge in [0.1, 0.15) is 6.10 Å². The maximum Gasteiger partial charge on any atom is 0.306 e. The lowest BCUT2D eigenvalue weighted by atomic mass is 10.1. The van der Waals surface area contributed by atoms with Crippen molar-refractivity contribution in [3.05, 3.63) is 109 Å². The molecular formula is C50H82O4. The third-order valence-electron chi connectivity index (χ3n) is 8.83. The number of hydrogen-bond acceptors (Lipinski definition) is 4. The average Bonchev–Trinajstić information content (AvgIpc) is 3.18. The number of aliphatic hydroxyl groups is 1. The van der Waals surface area contributed by atoms with Gasteiger partial charge >= 0.3 is 5.97 Å². The number of carbonyl (C=O) groups excluding carboxylic acids is 1. The van der Waals surface area contributed by atoms with Gasteiger partial charge in [-0.05, 0) is 103 Å². The number of unbranched alkanes of at least 4 members (excludes halogenated alkanes) is 13. The van der Waals surface area contributed by atoms with Crippen LogP contribution in [0.4, 0.5) is 0 Å². The fourth-order valence-corrected chi connectivity index (χ4v) is 5.57. The first-order valence-corrected chi connectivity index (χ1v) is 22.0. The Morgan fingerprint density at radius 2 is 0.833 bits per heavy atom. The molecule has 1 atom stereocenters. The van der Waals surface area contributed by atoms with Crippen molar-refractivity contribution in [2.75, 3.05) is 19.8 Å². The second kappa shape index (κ2) is 46.2. The maximum atomic E-state index is 12.2. The molecule has 54 heavy (non-hydrogen) atoms. The van der Waals surface area contributed by atoms with Crippen molar-refractivity contribution in [3.8, 4) is 0 Å². The summed E-state index contributed by atoms with van der Waals surface area (Å²) in [5.41, 5.74) is 0. The average molecular weight is 747 g/mol. The van der Waals surface area contributed by atoms with Crippen LogP contribution < -0.4 is 0 Å². The largest absolute Gasteiger partial charge is 0.457 e. The molecule has 0 bridgehead atoms. The summed E-state index contributed by atoms with van der Waals surface area (Å²) in [6, 6.07) is 0. The van der Waals surface area contributed by atoms with E-state index >= 15 is 0 Å². The summed E-state index contributed by atoms with van der Waals surface area (Å²) >= 11 is 0. The topological polar surface area (TPSA) is 55.8 Å². The predicted molar refractivity (Wildman–Crippen MR) is 237 cm³/mol. The number of allylic oxidation sites excluding steroid dienone is 18. The van der Waals surface area contributed by atoms with Crippen molar-refractivity contribution >= 4 is 5.97 Å². The van der Waals surface area contributed by atoms with E-state index in [0.717, 1.165) is 96.3 Å². The Hall–Kier alpha value is -2.95. The lowest BCUT2D eigenvalue weighted by molar-refractivity contribution is -0.154. The molecular weight excluding hydrogens is 665 g/mol. The van der Waals surface area contributed by atoms with Crippen LogP contribution in [-0.4, -0.2) is 37.0 Å². The molecule has 4 nitrogen and oxygen atoms in total. The monoisotopic (exact) mass is 747 g/mol. The normalized spacial score (nSPS) is 13.5. The number of carbonyl (C=O) groups is 1. The molecule has 0 aliphatic heterocycles. The van der Waals surface area contributed by atoms with Gasteiger partial charge in [-0.2, -0.15) is 0 Å². The van der Waals surface area contributed by atoms with Gasteiger partial charge in [-0.1, -0.05) is 175 Å². The summed E-state index contributed by atoms with van der Waals surface area (Å²) in [4.78, 5) is 12.2. The highest BCUT2D eigenvalue weighted by atomic mass is 16.6. The molecule has 0 fully saturated rings. The zero-order valence-corrected chi connectivity index (χ0v) is 34.9. The summed E-state index contributed by atoms with van der Waals surface area (Å²) in [5, 5.41) is 9.60. The molecule has 0 amide bonds. The minimum atomic E-state index is -0.563. The van der Waals surface area contributed by atoms with Crippen LogP contribution in [0.1, 0.15) is 174 Å². The van der Waals surface area contributed by atoms with E-state index in [2.05, 4.69) is 123 Å². The van der Waals surface area contributed by atoms with Gasteiger partial charge in [-0.3, -0.25) is 4.79 Å². The molecule has 0 aromatic heterocycles. The SMILES string of the molecule is CC/C=C\C/C=C\C/C=C\C/C=C\C/C=C\C/C=C\C/C=C\CCCCCCOCC(CO)OC(=O)CCCCCCC/C=C\C/C=C\CCCCCC. The molecule has 0 aliphatic rings. The third-order valence-corrected chi connectivity index (χ3v) is 8.83. The number of hydrogen-bond donors (Lipinski definition) is 1. The molecule has 0 radical (unpaired) electrons. The maximum absolute atomic E-state index is 12.2. The predicted octanol–water partition coefficient (Wildman–Crippen LogP) is 14.7. The molecule has 1 N–H and O–H groups in total. The van der Waals surface area contributed by atoms with Crippen LogP contribution in [0.25, 0.3) is 0 Å². The summed E-state index contributed by atoms with van der Waals surface area (Å²) in [7, 11) is 0. The summed E-state index contributed by atoms with van der Waals surface area (Å²) < 4.78 is 11.1. The van der Waals surface area contributed by atoms with Crippen molar-refractivity contribution in [2.45, 2.75) is 180 Å². The van der Waals surface area contributed by atoms with Crippen LogP contribution in [0.2, 0.25) is 0 Å². The van der Waals surface area contributed by atoms with E-state index in [1.807, 2.05) is 0 Å². The van der Waals surface area contributed by atoms with E-state index in [1.165, 1.54) is 57.8 Å². The Morgan fingerprint density at radius 3 is 1.26 bits per heavy atom. The molecule has 1 unspecified atom stereocenters. The minimum absolute atomic E-state index is 0.196. The molecule has 0 aromatic rings. The van der Waals surface area contributed by atoms with Crippen molar-refractivity contribution in [1.29, 1.82) is 0 Å². The van der Waals surface area contributed by atoms with Gasteiger partial charge in [0.15, 0.2) is 0 Å². The first-order chi connectivity index (χ1) is 26.7. The number of rotatable bonds is 39. The molecule has 0 saturated heterocycles. The fraction of sp³-hybridized carbons (Fsp3) is 0.620. The lowest BCUT2D eigenvalue weighted by Crippen LogP contribution is -2.27. The van der Waals surface area contributed by atoms with Gasteiger partial charge in [-0.15, -0.1) is 0 Å². The molecule has 0 aliphatic carbocycles. The van der Waals surface area contributed by atoms with Gasteiger partial charge in [0, 0.05) is 13.0 Å². The summed E-state index contributed by atoms with van der Waals surface area (Å²) in [6.45, 7) is 5.12. The van der Waals surface area contributed by atoms with Crippen LogP contribution in [0.15, 0.2) is 109 Å². The van der Waals surface area contributed by atoms with Crippen molar-refractivity contribution in [3.63, 3.8) is 0 Å². The second-order valence-electron chi connectivity index (χ2n) is 14.0. The molecule has 4 heteroatoms. The van der Waals surface area contributed by atoms with E-state index in [1.54, 1.807) is 0 Å². The first kappa shape index (κ1) is 51.0. The van der Waals surface area contributed by atoms with Crippen LogP contribution in [0, 0.1) is 0 Å². The quantitative estimate of drug-likeness (QED) is 0.0387. The Morgan fingerprint density at radius 1 is 0.463 bits per heavy atom. The number of aliphatic hydroxyl groups excluding tert-OH is 1. The summed E-state index contributed by atoms with van der Waals surface area (Å²) in [5.74, 6) is -0.229. The zero-order chi connectivity index (χ0) is 39.1. The van der Waals surface area contributed by atoms with Crippen LogP contribution in [0.3, 0.4) is 0 Å². The van der Waals surface area contributed by atoms with Gasteiger partial charge in [0.05, 0.1) is 13.2 Å². The molecule has 0 heterocycles. The van der Waals surface area contributed by atoms with Gasteiger partial charge in [0.2, 0.25) is 0 Å². The van der Waals surface area contributed by atoms with Gasteiger partial charge < -0.3 is 14.6 Å². The van der Waals surface area contributed by atoms with Crippen LogP contribution in [0.5, 0.6) is 0 Å². The Balaban J connectivity index is 3.59. The van der Waals surface area contributed by atoms with Crippen LogP contribution >= 0.6 is 0 Å². The number of ether oxygens (including phenoxy) is 2. The first-order valence-electron chi connectivity index (χ1n) is 22.0. The highest BCUT2D eigenvalue weighted by molar-refractivity contribution is 5.69. The van der Waals surface area contributed by atoms with Crippen molar-refractivity contribution in [2.24, 2.45) is 0 Å².